The van der Waals surface area contributed by atoms with Crippen LogP contribution in [0.2, 0.25) is 0 Å². The molecule has 1 aliphatic heterocycles. The zero-order valence-electron chi connectivity index (χ0n) is 26.7. The van der Waals surface area contributed by atoms with Crippen LogP contribution in [0.5, 0.6) is 5.75 Å². The molecule has 7 heteroatoms. The average Bonchev–Trinajstić information content (AvgIpc) is 3.37. The number of thiazole rings is 1. The first-order valence-electron chi connectivity index (χ1n) is 15.9. The van der Waals surface area contributed by atoms with Crippen molar-refractivity contribution < 1.29 is 14.3 Å². The van der Waals surface area contributed by atoms with Crippen LogP contribution in [0.15, 0.2) is 112 Å². The van der Waals surface area contributed by atoms with E-state index in [4.69, 9.17) is 14.5 Å². The molecule has 1 atom stereocenters. The van der Waals surface area contributed by atoms with Gasteiger partial charge in [-0.1, -0.05) is 117 Å². The molecular weight excluding hydrogens is 593 g/mol. The zero-order chi connectivity index (χ0) is 32.2. The van der Waals surface area contributed by atoms with E-state index in [-0.39, 0.29) is 12.2 Å². The molecule has 6 rings (SSSR count). The van der Waals surface area contributed by atoms with Crippen LogP contribution >= 0.6 is 11.3 Å². The predicted octanol–water partition coefficient (Wildman–Crippen LogP) is 7.43. The maximum Gasteiger partial charge on any atom is 0.338 e. The number of rotatable bonds is 10. The highest BCUT2D eigenvalue weighted by molar-refractivity contribution is 7.07. The Kier molecular flexibility index (Phi) is 9.31. The molecule has 5 aromatic rings. The second-order valence-electron chi connectivity index (χ2n) is 11.7. The van der Waals surface area contributed by atoms with E-state index in [1.54, 1.807) is 11.5 Å². The van der Waals surface area contributed by atoms with Crippen LogP contribution in [0.4, 0.5) is 0 Å². The molecule has 0 amide bonds. The number of carbonyl (C=O) groups excluding carboxylic acids is 1. The topological polar surface area (TPSA) is 69.9 Å². The van der Waals surface area contributed by atoms with Crippen molar-refractivity contribution in [3.05, 3.63) is 144 Å². The Bertz CT molecular complexity index is 2080. The van der Waals surface area contributed by atoms with Gasteiger partial charge in [0.15, 0.2) is 4.80 Å². The van der Waals surface area contributed by atoms with Gasteiger partial charge in [-0.2, -0.15) is 0 Å². The normalized spacial score (nSPS) is 14.8. The third-order valence-corrected chi connectivity index (χ3v) is 9.25. The van der Waals surface area contributed by atoms with Crippen molar-refractivity contribution in [2.24, 2.45) is 4.99 Å². The minimum Gasteiger partial charge on any atom is -0.489 e. The van der Waals surface area contributed by atoms with Gasteiger partial charge in [-0.15, -0.1) is 0 Å². The molecule has 6 nitrogen and oxygen atoms in total. The number of fused-ring (bicyclic) bond motifs is 2. The molecular formula is C39H38N2O4S. The number of nitrogens with zero attached hydrogens (tertiary/aromatic N) is 2. The van der Waals surface area contributed by atoms with Gasteiger partial charge in [-0.05, 0) is 70.5 Å². The Balaban J connectivity index is 1.35. The van der Waals surface area contributed by atoms with Gasteiger partial charge in [0.2, 0.25) is 0 Å². The summed E-state index contributed by atoms with van der Waals surface area (Å²) < 4.78 is 13.9. The molecule has 0 bridgehead atoms. The van der Waals surface area contributed by atoms with E-state index in [1.807, 2.05) is 60.7 Å². The monoisotopic (exact) mass is 630 g/mol. The summed E-state index contributed by atoms with van der Waals surface area (Å²) in [6, 6.07) is 29.8. The summed E-state index contributed by atoms with van der Waals surface area (Å²) >= 11 is 1.34. The van der Waals surface area contributed by atoms with Gasteiger partial charge in [-0.3, -0.25) is 9.36 Å². The molecule has 46 heavy (non-hydrogen) atoms. The molecule has 4 aromatic carbocycles. The minimum absolute atomic E-state index is 0.185. The summed E-state index contributed by atoms with van der Waals surface area (Å²) in [7, 11) is 0. The highest BCUT2D eigenvalue weighted by atomic mass is 32.1. The first kappa shape index (κ1) is 31.2. The van der Waals surface area contributed by atoms with Crippen molar-refractivity contribution in [3.8, 4) is 5.75 Å². The smallest absolute Gasteiger partial charge is 0.338 e. The lowest BCUT2D eigenvalue weighted by molar-refractivity contribution is -0.139. The van der Waals surface area contributed by atoms with Gasteiger partial charge >= 0.3 is 5.97 Å². The molecule has 1 aromatic heterocycles. The van der Waals surface area contributed by atoms with E-state index >= 15 is 0 Å². The van der Waals surface area contributed by atoms with Gasteiger partial charge in [0.1, 0.15) is 12.4 Å². The third-order valence-electron chi connectivity index (χ3n) is 8.26. The van der Waals surface area contributed by atoms with Crippen LogP contribution in [0.1, 0.15) is 74.8 Å². The summed E-state index contributed by atoms with van der Waals surface area (Å²) in [6.07, 6.45) is 3.30. The highest BCUT2D eigenvalue weighted by Crippen LogP contribution is 2.33. The van der Waals surface area contributed by atoms with Crippen molar-refractivity contribution in [1.29, 1.82) is 0 Å². The number of ether oxygens (including phenoxy) is 2. The van der Waals surface area contributed by atoms with Crippen LogP contribution in [-0.4, -0.2) is 17.1 Å². The second-order valence-corrected chi connectivity index (χ2v) is 12.7. The largest absolute Gasteiger partial charge is 0.489 e. The van der Waals surface area contributed by atoms with Crippen molar-refractivity contribution in [3.63, 3.8) is 0 Å². The fourth-order valence-corrected chi connectivity index (χ4v) is 6.91. The fraction of sp³-hybridized carbons (Fsp3) is 0.256. The molecule has 0 saturated heterocycles. The molecule has 0 unspecified atom stereocenters. The SMILES string of the molecule is CCCC1=C(C(=O)OCC)[C@H](c2ccc(C(C)C)cc2)n2c(s/c(=C\c3ccc(OCc4cccc5ccccc45)cc3)c2=O)=N1. The number of aromatic nitrogens is 1. The van der Waals surface area contributed by atoms with Crippen molar-refractivity contribution in [2.45, 2.75) is 59.1 Å². The Morgan fingerprint density at radius 1 is 0.957 bits per heavy atom. The van der Waals surface area contributed by atoms with Crippen LogP contribution in [-0.2, 0) is 16.1 Å². The van der Waals surface area contributed by atoms with Crippen LogP contribution in [0, 0.1) is 0 Å². The molecule has 234 valence electrons. The summed E-state index contributed by atoms with van der Waals surface area (Å²) in [5, 5.41) is 2.37. The third kappa shape index (κ3) is 6.33. The summed E-state index contributed by atoms with van der Waals surface area (Å²) in [4.78, 5) is 33.0. The second kappa shape index (κ2) is 13.7. The molecule has 0 radical (unpaired) electrons. The van der Waals surface area contributed by atoms with Crippen LogP contribution in [0.25, 0.3) is 16.8 Å². The Morgan fingerprint density at radius 3 is 2.41 bits per heavy atom. The van der Waals surface area contributed by atoms with E-state index in [1.165, 1.54) is 27.7 Å². The standard InChI is InChI=1S/C39H38N2O4S/c1-5-10-33-35(38(43)44-6-2)36(29-19-17-27(18-20-29)25(3)4)41-37(42)34(46-39(41)40-33)23-26-15-21-31(22-16-26)45-24-30-13-9-12-28-11-7-8-14-32(28)30/h7-9,11-23,25,36H,5-6,10,24H2,1-4H3/b34-23-/t36-/m0/s1. The van der Waals surface area contributed by atoms with Crippen molar-refractivity contribution >= 4 is 34.2 Å². The van der Waals surface area contributed by atoms with E-state index in [0.29, 0.717) is 39.5 Å². The van der Waals surface area contributed by atoms with Crippen LogP contribution in [0.3, 0.4) is 0 Å². The number of allylic oxidation sites excluding steroid dienone is 1. The highest BCUT2D eigenvalue weighted by Gasteiger charge is 2.34. The van der Waals surface area contributed by atoms with Gasteiger partial charge in [-0.25, -0.2) is 9.79 Å². The van der Waals surface area contributed by atoms with E-state index in [0.717, 1.165) is 28.9 Å². The number of benzene rings is 4. The quantitative estimate of drug-likeness (QED) is 0.151. The lowest BCUT2D eigenvalue weighted by Gasteiger charge is -2.26. The lowest BCUT2D eigenvalue weighted by Crippen LogP contribution is -2.40. The number of hydrogen-bond acceptors (Lipinski definition) is 6. The maximum atomic E-state index is 14.1. The summed E-state index contributed by atoms with van der Waals surface area (Å²) in [6.45, 7) is 8.84. The fourth-order valence-electron chi connectivity index (χ4n) is 5.89. The zero-order valence-corrected chi connectivity index (χ0v) is 27.5. The van der Waals surface area contributed by atoms with E-state index in [9.17, 15) is 9.59 Å². The first-order valence-corrected chi connectivity index (χ1v) is 16.7. The summed E-state index contributed by atoms with van der Waals surface area (Å²) in [5.41, 5.74) is 4.98. The van der Waals surface area contributed by atoms with Gasteiger partial charge in [0.05, 0.1) is 28.5 Å². The van der Waals surface area contributed by atoms with E-state index in [2.05, 4.69) is 57.2 Å². The number of esters is 1. The van der Waals surface area contributed by atoms with Crippen molar-refractivity contribution in [1.82, 2.24) is 4.57 Å². The number of carbonyl (C=O) groups is 1. The molecule has 1 aliphatic rings. The van der Waals surface area contributed by atoms with Gasteiger partial charge in [0, 0.05) is 0 Å². The molecule has 0 aliphatic carbocycles. The number of hydrogen-bond donors (Lipinski definition) is 0. The van der Waals surface area contributed by atoms with Gasteiger partial charge in [0.25, 0.3) is 5.56 Å². The molecule has 0 fully saturated rings. The average molecular weight is 631 g/mol. The Labute approximate surface area is 273 Å². The summed E-state index contributed by atoms with van der Waals surface area (Å²) in [5.74, 6) is 0.683. The lowest BCUT2D eigenvalue weighted by atomic mass is 9.92. The predicted molar refractivity (Wildman–Crippen MR) is 185 cm³/mol. The van der Waals surface area contributed by atoms with Gasteiger partial charge < -0.3 is 9.47 Å². The molecule has 2 heterocycles. The maximum absolute atomic E-state index is 14.1. The first-order chi connectivity index (χ1) is 22.4. The molecule has 0 spiro atoms. The minimum atomic E-state index is -0.620. The molecule has 0 N–H and O–H groups in total. The van der Waals surface area contributed by atoms with Crippen LogP contribution < -0.4 is 19.6 Å². The molecule has 0 saturated carbocycles. The Hall–Kier alpha value is -4.75. The van der Waals surface area contributed by atoms with E-state index < -0.39 is 12.0 Å². The Morgan fingerprint density at radius 2 is 1.70 bits per heavy atom. The van der Waals surface area contributed by atoms with Crippen molar-refractivity contribution in [2.75, 3.05) is 6.61 Å².